The Labute approximate surface area is 175 Å². The number of aliphatic carboxylic acids is 1. The number of carbonyl (C=O) groups is 2. The molecule has 4 rings (SSSR count). The van der Waals surface area contributed by atoms with Gasteiger partial charge in [0.05, 0.1) is 12.6 Å². The van der Waals surface area contributed by atoms with Crippen LogP contribution in [0.15, 0.2) is 34.9 Å². The van der Waals surface area contributed by atoms with E-state index in [4.69, 9.17) is 14.4 Å². The fourth-order valence-corrected chi connectivity index (χ4v) is 4.10. The minimum absolute atomic E-state index is 0.250. The Morgan fingerprint density at radius 2 is 1.97 bits per heavy atom. The molecule has 1 saturated carbocycles. The number of carboxylic acid groups (broad SMARTS) is 2. The van der Waals surface area contributed by atoms with Gasteiger partial charge in [-0.1, -0.05) is 47.8 Å². The third-order valence-corrected chi connectivity index (χ3v) is 5.92. The zero-order valence-corrected chi connectivity index (χ0v) is 17.0. The molecule has 2 fully saturated rings. The van der Waals surface area contributed by atoms with Crippen molar-refractivity contribution in [3.8, 4) is 11.3 Å². The van der Waals surface area contributed by atoms with Crippen molar-refractivity contribution >= 4 is 12.4 Å². The highest BCUT2D eigenvalue weighted by Crippen LogP contribution is 2.45. The maximum absolute atomic E-state index is 12.0. The third kappa shape index (κ3) is 5.06. The van der Waals surface area contributed by atoms with Crippen LogP contribution in [0.3, 0.4) is 0 Å². The predicted octanol–water partition coefficient (Wildman–Crippen LogP) is 2.79. The number of aromatic nitrogens is 1. The van der Waals surface area contributed by atoms with Crippen molar-refractivity contribution in [1.29, 1.82) is 0 Å². The zero-order valence-electron chi connectivity index (χ0n) is 17.0. The van der Waals surface area contributed by atoms with Crippen LogP contribution < -0.4 is 0 Å². The summed E-state index contributed by atoms with van der Waals surface area (Å²) in [6.07, 6.45) is 2.39. The largest absolute Gasteiger partial charge is 0.483 e. The molecule has 0 spiro atoms. The molecular weight excluding hydrogens is 388 g/mol. The van der Waals surface area contributed by atoms with E-state index in [0.717, 1.165) is 24.1 Å². The van der Waals surface area contributed by atoms with Gasteiger partial charge in [-0.3, -0.25) is 14.5 Å². The minimum atomic E-state index is -1.07. The summed E-state index contributed by atoms with van der Waals surface area (Å²) >= 11 is 0. The lowest BCUT2D eigenvalue weighted by Crippen LogP contribution is -2.55. The molecule has 1 saturated heterocycles. The zero-order chi connectivity index (χ0) is 21.7. The maximum atomic E-state index is 12.0. The van der Waals surface area contributed by atoms with Gasteiger partial charge in [-0.25, -0.2) is 0 Å². The molecule has 3 N–H and O–H groups in total. The second kappa shape index (κ2) is 9.40. The number of rotatable bonds is 6. The Hall–Kier alpha value is -2.71. The van der Waals surface area contributed by atoms with E-state index in [1.807, 2.05) is 37.3 Å². The van der Waals surface area contributed by atoms with Gasteiger partial charge in [0, 0.05) is 24.7 Å². The number of aryl methyl sites for hydroxylation is 1. The summed E-state index contributed by atoms with van der Waals surface area (Å²) in [5.74, 6) is 0.270. The molecule has 2 aromatic rings. The first kappa shape index (κ1) is 22.0. The molecule has 8 nitrogen and oxygen atoms in total. The molecule has 1 aliphatic carbocycles. The number of nitrogens with zero attached hydrogens (tertiary/aromatic N) is 2. The second-order valence-electron chi connectivity index (χ2n) is 8.27. The van der Waals surface area contributed by atoms with Crippen LogP contribution in [0.2, 0.25) is 0 Å². The normalized spacial score (nSPS) is 24.0. The summed E-state index contributed by atoms with van der Waals surface area (Å²) in [4.78, 5) is 22.5. The Balaban J connectivity index is 0.000000806. The van der Waals surface area contributed by atoms with E-state index in [1.54, 1.807) is 0 Å². The molecule has 0 bridgehead atoms. The number of hydrogen-bond acceptors (Lipinski definition) is 6. The molecule has 2 atom stereocenters. The first-order valence-corrected chi connectivity index (χ1v) is 10.1. The predicted molar refractivity (Wildman–Crippen MR) is 109 cm³/mol. The topological polar surface area (TPSA) is 124 Å². The number of likely N-dealkylation sites (tertiary alicyclic amines) is 1. The van der Waals surface area contributed by atoms with Gasteiger partial charge in [-0.05, 0) is 25.7 Å². The van der Waals surface area contributed by atoms with Crippen molar-refractivity contribution in [2.45, 2.75) is 45.3 Å². The quantitative estimate of drug-likeness (QED) is 0.614. The number of aliphatic hydroxyl groups is 1. The molecule has 162 valence electrons. The highest BCUT2D eigenvalue weighted by atomic mass is 16.5. The van der Waals surface area contributed by atoms with Gasteiger partial charge >= 0.3 is 5.97 Å². The fourth-order valence-electron chi connectivity index (χ4n) is 4.10. The van der Waals surface area contributed by atoms with Crippen molar-refractivity contribution in [3.05, 3.63) is 41.7 Å². The molecule has 0 radical (unpaired) electrons. The third-order valence-electron chi connectivity index (χ3n) is 5.92. The minimum Gasteiger partial charge on any atom is -0.483 e. The van der Waals surface area contributed by atoms with Crippen LogP contribution >= 0.6 is 0 Å². The van der Waals surface area contributed by atoms with Crippen LogP contribution in [0, 0.1) is 18.3 Å². The summed E-state index contributed by atoms with van der Waals surface area (Å²) in [5, 5.41) is 31.4. The first-order chi connectivity index (χ1) is 14.4. The van der Waals surface area contributed by atoms with E-state index in [9.17, 15) is 15.0 Å². The van der Waals surface area contributed by atoms with Crippen LogP contribution in [0.5, 0.6) is 0 Å². The van der Waals surface area contributed by atoms with E-state index < -0.39 is 17.5 Å². The summed E-state index contributed by atoms with van der Waals surface area (Å²) in [7, 11) is 0. The summed E-state index contributed by atoms with van der Waals surface area (Å²) in [6, 6.07) is 10.0. The van der Waals surface area contributed by atoms with Crippen molar-refractivity contribution in [2.75, 3.05) is 13.1 Å². The van der Waals surface area contributed by atoms with Crippen LogP contribution in [0.4, 0.5) is 0 Å². The molecular formula is C22H28N2O6. The van der Waals surface area contributed by atoms with Gasteiger partial charge in [-0.2, -0.15) is 0 Å². The highest BCUT2D eigenvalue weighted by molar-refractivity contribution is 5.76. The number of carboxylic acids is 1. The number of piperidine rings is 1. The van der Waals surface area contributed by atoms with Crippen LogP contribution in [-0.4, -0.2) is 57.0 Å². The highest BCUT2D eigenvalue weighted by Gasteiger charge is 2.51. The lowest BCUT2D eigenvalue weighted by Gasteiger charge is -2.43. The Kier molecular flexibility index (Phi) is 6.89. The van der Waals surface area contributed by atoms with E-state index in [2.05, 4.69) is 10.1 Å². The number of hydrogen-bond donors (Lipinski definition) is 3. The lowest BCUT2D eigenvalue weighted by atomic mass is 9.73. The fraction of sp³-hybridized carbons (Fsp3) is 0.500. The van der Waals surface area contributed by atoms with Gasteiger partial charge in [0.15, 0.2) is 5.76 Å². The smallest absolute Gasteiger partial charge is 0.313 e. The van der Waals surface area contributed by atoms with E-state index in [-0.39, 0.29) is 6.47 Å². The van der Waals surface area contributed by atoms with Crippen LogP contribution in [0.25, 0.3) is 11.3 Å². The van der Waals surface area contributed by atoms with Gasteiger partial charge in [0.25, 0.3) is 6.47 Å². The van der Waals surface area contributed by atoms with Gasteiger partial charge in [-0.15, -0.1) is 0 Å². The van der Waals surface area contributed by atoms with Gasteiger partial charge in [0.2, 0.25) is 0 Å². The molecule has 30 heavy (non-hydrogen) atoms. The Morgan fingerprint density at radius 1 is 1.30 bits per heavy atom. The van der Waals surface area contributed by atoms with Crippen molar-refractivity contribution in [2.24, 2.45) is 11.3 Å². The molecule has 2 aliphatic rings. The number of benzene rings is 1. The SMILES string of the molecule is Cc1ccc(-c2cc(CN3CC[C@@H](O)[C@](CC4CC4)(C(=O)O)C3)on2)cc1.O=CO. The summed E-state index contributed by atoms with van der Waals surface area (Å²) < 4.78 is 5.50. The molecule has 1 aromatic carbocycles. The summed E-state index contributed by atoms with van der Waals surface area (Å²) in [6.45, 7) is 3.30. The Bertz CT molecular complexity index is 861. The average molecular weight is 416 g/mol. The maximum Gasteiger partial charge on any atom is 0.313 e. The molecule has 1 aliphatic heterocycles. The lowest BCUT2D eigenvalue weighted by molar-refractivity contribution is -0.165. The first-order valence-electron chi connectivity index (χ1n) is 10.1. The van der Waals surface area contributed by atoms with Crippen LogP contribution in [-0.2, 0) is 16.1 Å². The standard InChI is InChI=1S/C21H26N2O4.CH2O2/c1-14-2-6-16(7-3-14)18-10-17(27-22-18)12-23-9-8-19(24)21(13-23,20(25)26)11-15-4-5-15;2-1-3/h2-3,6-7,10,15,19,24H,4-5,8-9,11-13H2,1H3,(H,25,26);1H,(H,2,3)/t19-,21-;/m1./s1. The molecule has 2 heterocycles. The van der Waals surface area contributed by atoms with Crippen molar-refractivity contribution < 1.29 is 29.4 Å². The van der Waals surface area contributed by atoms with Crippen LogP contribution in [0.1, 0.15) is 37.0 Å². The molecule has 8 heteroatoms. The van der Waals surface area contributed by atoms with Gasteiger partial charge < -0.3 is 19.8 Å². The van der Waals surface area contributed by atoms with E-state index in [1.165, 1.54) is 5.56 Å². The second-order valence-corrected chi connectivity index (χ2v) is 8.27. The van der Waals surface area contributed by atoms with E-state index >= 15 is 0 Å². The summed E-state index contributed by atoms with van der Waals surface area (Å²) in [5.41, 5.74) is 1.90. The molecule has 0 amide bonds. The number of aliphatic hydroxyl groups excluding tert-OH is 1. The monoisotopic (exact) mass is 416 g/mol. The van der Waals surface area contributed by atoms with E-state index in [0.29, 0.717) is 44.2 Å². The van der Waals surface area contributed by atoms with Crippen molar-refractivity contribution in [1.82, 2.24) is 10.1 Å². The van der Waals surface area contributed by atoms with Crippen molar-refractivity contribution in [3.63, 3.8) is 0 Å². The molecule has 1 aromatic heterocycles. The Morgan fingerprint density at radius 3 is 2.57 bits per heavy atom. The van der Waals surface area contributed by atoms with Gasteiger partial charge in [0.1, 0.15) is 11.1 Å². The molecule has 0 unspecified atom stereocenters. The average Bonchev–Trinajstić information content (AvgIpc) is 3.40.